The second-order valence-corrected chi connectivity index (χ2v) is 8.31. The van der Waals surface area contributed by atoms with Crippen LogP contribution >= 0.6 is 0 Å². The fraction of sp³-hybridized carbons (Fsp3) is 0.458. The molecule has 0 aliphatic carbocycles. The molecule has 0 spiro atoms. The maximum absolute atomic E-state index is 6.10. The zero-order valence-electron chi connectivity index (χ0n) is 17.9. The highest BCUT2D eigenvalue weighted by Crippen LogP contribution is 2.35. The first-order valence-corrected chi connectivity index (χ1v) is 11.2. The van der Waals surface area contributed by atoms with Crippen LogP contribution in [0.2, 0.25) is 0 Å². The number of nitrogens with one attached hydrogen (secondary N) is 1. The summed E-state index contributed by atoms with van der Waals surface area (Å²) in [5, 5.41) is 5.93. The molecule has 2 aromatic carbocycles. The van der Waals surface area contributed by atoms with Gasteiger partial charge in [-0.3, -0.25) is 0 Å². The van der Waals surface area contributed by atoms with Crippen molar-refractivity contribution < 1.29 is 9.47 Å². The smallest absolute Gasteiger partial charge is 0.193 e. The number of hydrogen-bond donors (Lipinski definition) is 2. The minimum atomic E-state index is 0.275. The third-order valence-electron chi connectivity index (χ3n) is 6.36. The van der Waals surface area contributed by atoms with Crippen LogP contribution in [0.3, 0.4) is 0 Å². The average Bonchev–Trinajstić information content (AvgIpc) is 3.16. The number of nitrogens with two attached hydrogens (primary N) is 1. The van der Waals surface area contributed by atoms with Gasteiger partial charge in [-0.2, -0.15) is 0 Å². The molecule has 0 atom stereocenters. The highest BCUT2D eigenvalue weighted by atomic mass is 16.5. The van der Waals surface area contributed by atoms with Crippen LogP contribution < -0.4 is 11.1 Å². The van der Waals surface area contributed by atoms with Gasteiger partial charge in [-0.1, -0.05) is 30.3 Å². The number of hydrogen-bond acceptors (Lipinski definition) is 4. The molecule has 164 valence electrons. The molecule has 2 aliphatic heterocycles. The van der Waals surface area contributed by atoms with Crippen LogP contribution in [-0.2, 0) is 16.1 Å². The van der Waals surface area contributed by atoms with E-state index >= 15 is 0 Å². The molecule has 1 aromatic heterocycles. The van der Waals surface area contributed by atoms with Gasteiger partial charge in [-0.05, 0) is 30.5 Å². The van der Waals surface area contributed by atoms with Crippen LogP contribution in [0.25, 0.3) is 21.8 Å². The number of fused-ring (bicyclic) bond motifs is 3. The SMILES string of the molecule is N/C(=N/COCc1ccc2c3ccccc3n(C3CCOCC3)c2c1)N1CCNCC1. The maximum Gasteiger partial charge on any atom is 0.193 e. The van der Waals surface area contributed by atoms with Crippen molar-refractivity contribution >= 4 is 27.8 Å². The molecule has 3 N–H and O–H groups in total. The summed E-state index contributed by atoms with van der Waals surface area (Å²) in [6, 6.07) is 15.8. The molecule has 0 saturated carbocycles. The largest absolute Gasteiger partial charge is 0.381 e. The second kappa shape index (κ2) is 9.26. The molecule has 5 rings (SSSR count). The van der Waals surface area contributed by atoms with Gasteiger partial charge in [0.25, 0.3) is 0 Å². The minimum absolute atomic E-state index is 0.275. The van der Waals surface area contributed by atoms with Gasteiger partial charge >= 0.3 is 0 Å². The zero-order valence-corrected chi connectivity index (χ0v) is 17.9. The summed E-state index contributed by atoms with van der Waals surface area (Å²) in [6.45, 7) is 6.12. The van der Waals surface area contributed by atoms with Gasteiger partial charge in [-0.15, -0.1) is 0 Å². The summed E-state index contributed by atoms with van der Waals surface area (Å²) < 4.78 is 14.0. The van der Waals surface area contributed by atoms with Crippen molar-refractivity contribution in [2.75, 3.05) is 46.1 Å². The van der Waals surface area contributed by atoms with Crippen molar-refractivity contribution in [3.63, 3.8) is 0 Å². The standard InChI is InChI=1S/C24H31N5O2/c25-24(28-11-9-26-10-12-28)27-17-31-16-18-5-6-21-20-3-1-2-4-22(20)29(23(21)15-18)19-7-13-30-14-8-19/h1-6,15,19,26H,7-14,16-17H2,(H2,25,27). The van der Waals surface area contributed by atoms with E-state index in [1.54, 1.807) is 0 Å². The van der Waals surface area contributed by atoms with Gasteiger partial charge in [0.1, 0.15) is 6.73 Å². The lowest BCUT2D eigenvalue weighted by Gasteiger charge is -2.28. The summed E-state index contributed by atoms with van der Waals surface area (Å²) in [4.78, 5) is 6.50. The molecular weight excluding hydrogens is 390 g/mol. The molecule has 31 heavy (non-hydrogen) atoms. The van der Waals surface area contributed by atoms with Crippen LogP contribution in [0.5, 0.6) is 0 Å². The Balaban J connectivity index is 1.35. The lowest BCUT2D eigenvalue weighted by atomic mass is 10.1. The van der Waals surface area contributed by atoms with Gasteiger partial charge in [-0.25, -0.2) is 4.99 Å². The molecule has 0 unspecified atom stereocenters. The van der Waals surface area contributed by atoms with Crippen molar-refractivity contribution in [2.24, 2.45) is 10.7 Å². The molecule has 7 nitrogen and oxygen atoms in total. The monoisotopic (exact) mass is 421 g/mol. The summed E-state index contributed by atoms with van der Waals surface area (Å²) >= 11 is 0. The Morgan fingerprint density at radius 1 is 1.06 bits per heavy atom. The predicted molar refractivity (Wildman–Crippen MR) is 124 cm³/mol. The first-order valence-electron chi connectivity index (χ1n) is 11.2. The van der Waals surface area contributed by atoms with E-state index in [4.69, 9.17) is 15.2 Å². The van der Waals surface area contributed by atoms with Gasteiger partial charge in [0.05, 0.1) is 6.61 Å². The fourth-order valence-corrected chi connectivity index (χ4v) is 4.74. The lowest BCUT2D eigenvalue weighted by Crippen LogP contribution is -2.49. The summed E-state index contributed by atoms with van der Waals surface area (Å²) in [5.41, 5.74) is 9.83. The number of para-hydroxylation sites is 1. The molecule has 7 heteroatoms. The summed E-state index contributed by atoms with van der Waals surface area (Å²) in [7, 11) is 0. The van der Waals surface area contributed by atoms with Crippen molar-refractivity contribution in [2.45, 2.75) is 25.5 Å². The van der Waals surface area contributed by atoms with Gasteiger partial charge in [0.15, 0.2) is 5.96 Å². The van der Waals surface area contributed by atoms with Gasteiger partial charge in [0, 0.05) is 67.2 Å². The summed E-state index contributed by atoms with van der Waals surface area (Å²) in [5.74, 6) is 0.566. The van der Waals surface area contributed by atoms with E-state index in [1.807, 2.05) is 0 Å². The molecule has 2 fully saturated rings. The Morgan fingerprint density at radius 3 is 2.68 bits per heavy atom. The topological polar surface area (TPSA) is 77.0 Å². The lowest BCUT2D eigenvalue weighted by molar-refractivity contribution is 0.0717. The highest BCUT2D eigenvalue weighted by Gasteiger charge is 2.21. The van der Waals surface area contributed by atoms with Gasteiger partial charge < -0.3 is 30.0 Å². The van der Waals surface area contributed by atoms with Crippen LogP contribution in [0.1, 0.15) is 24.4 Å². The van der Waals surface area contributed by atoms with Crippen molar-refractivity contribution in [3.05, 3.63) is 48.0 Å². The number of piperazine rings is 1. The Kier molecular flexibility index (Phi) is 6.06. The van der Waals surface area contributed by atoms with Crippen molar-refractivity contribution in [1.82, 2.24) is 14.8 Å². The molecule has 3 heterocycles. The third-order valence-corrected chi connectivity index (χ3v) is 6.36. The molecule has 2 aliphatic rings. The first kappa shape index (κ1) is 20.3. The Morgan fingerprint density at radius 2 is 1.84 bits per heavy atom. The van der Waals surface area contributed by atoms with E-state index in [9.17, 15) is 0 Å². The van der Waals surface area contributed by atoms with Crippen molar-refractivity contribution in [1.29, 1.82) is 0 Å². The van der Waals surface area contributed by atoms with E-state index in [-0.39, 0.29) is 6.73 Å². The van der Waals surface area contributed by atoms with Crippen LogP contribution in [0.4, 0.5) is 0 Å². The molecule has 3 aromatic rings. The van der Waals surface area contributed by atoms with Crippen LogP contribution in [0.15, 0.2) is 47.5 Å². The van der Waals surface area contributed by atoms with Crippen LogP contribution in [-0.4, -0.2) is 61.6 Å². The Bertz CT molecular complexity index is 1060. The van der Waals surface area contributed by atoms with E-state index in [1.165, 1.54) is 21.8 Å². The Hall–Kier alpha value is -2.61. The van der Waals surface area contributed by atoms with E-state index < -0.39 is 0 Å². The van der Waals surface area contributed by atoms with Gasteiger partial charge in [0.2, 0.25) is 0 Å². The first-order chi connectivity index (χ1) is 15.3. The molecule has 2 saturated heterocycles. The predicted octanol–water partition coefficient (Wildman–Crippen LogP) is 2.84. The number of nitrogens with zero attached hydrogens (tertiary/aromatic N) is 3. The summed E-state index contributed by atoms with van der Waals surface area (Å²) in [6.07, 6.45) is 2.10. The number of ether oxygens (including phenoxy) is 2. The van der Waals surface area contributed by atoms with Crippen LogP contribution in [0, 0.1) is 0 Å². The van der Waals surface area contributed by atoms with E-state index in [0.29, 0.717) is 18.6 Å². The maximum atomic E-state index is 6.10. The third kappa shape index (κ3) is 4.26. The van der Waals surface area contributed by atoms with E-state index in [2.05, 4.69) is 62.2 Å². The van der Waals surface area contributed by atoms with Crippen molar-refractivity contribution in [3.8, 4) is 0 Å². The number of aliphatic imine (C=N–C) groups is 1. The quantitative estimate of drug-likeness (QED) is 0.376. The number of rotatable bonds is 5. The number of aromatic nitrogens is 1. The highest BCUT2D eigenvalue weighted by molar-refractivity contribution is 6.08. The van der Waals surface area contributed by atoms with E-state index in [0.717, 1.165) is 57.8 Å². The number of benzene rings is 2. The second-order valence-electron chi connectivity index (χ2n) is 8.31. The zero-order chi connectivity index (χ0) is 21.0. The molecule has 0 amide bonds. The number of guanidine groups is 1. The minimum Gasteiger partial charge on any atom is -0.381 e. The molecule has 0 radical (unpaired) electrons. The average molecular weight is 422 g/mol. The normalized spacial score (nSPS) is 18.8. The molecular formula is C24H31N5O2. The fourth-order valence-electron chi connectivity index (χ4n) is 4.74. The molecule has 0 bridgehead atoms. The Labute approximate surface area is 182 Å².